The van der Waals surface area contributed by atoms with Gasteiger partial charge in [0.05, 0.1) is 6.54 Å². The Morgan fingerprint density at radius 3 is 2.79 bits per heavy atom. The zero-order valence-corrected chi connectivity index (χ0v) is 15.8. The highest BCUT2D eigenvalue weighted by Crippen LogP contribution is 2.41. The molecule has 1 aromatic heterocycles. The van der Waals surface area contributed by atoms with E-state index in [2.05, 4.69) is 55.6 Å². The summed E-state index contributed by atoms with van der Waals surface area (Å²) < 4.78 is 2.38. The van der Waals surface area contributed by atoms with E-state index in [0.717, 1.165) is 18.8 Å². The Hall–Kier alpha value is -1.36. The number of quaternary nitrogens is 1. The van der Waals surface area contributed by atoms with E-state index in [1.54, 1.807) is 5.57 Å². The summed E-state index contributed by atoms with van der Waals surface area (Å²) in [6, 6.07) is 0.644. The monoisotopic (exact) mass is 329 g/mol. The van der Waals surface area contributed by atoms with Crippen molar-refractivity contribution in [3.05, 3.63) is 28.8 Å². The fraction of sp³-hybridized carbons (Fsp3) is 0.789. The molecule has 3 aliphatic heterocycles. The molecule has 1 saturated heterocycles. The largest absolute Gasteiger partial charge is 0.495 e. The van der Waals surface area contributed by atoms with Crippen molar-refractivity contribution < 1.29 is 5.01 Å². The van der Waals surface area contributed by atoms with Crippen LogP contribution in [0.2, 0.25) is 0 Å². The highest BCUT2D eigenvalue weighted by molar-refractivity contribution is 5.25. The lowest BCUT2D eigenvalue weighted by Gasteiger charge is -2.33. The second-order valence-electron chi connectivity index (χ2n) is 9.61. The molecule has 0 spiro atoms. The van der Waals surface area contributed by atoms with Crippen molar-refractivity contribution in [1.29, 1.82) is 0 Å². The van der Waals surface area contributed by atoms with Crippen molar-refractivity contribution in [3.8, 4) is 0 Å². The summed E-state index contributed by atoms with van der Waals surface area (Å²) in [6.45, 7) is 13.8. The average Bonchev–Trinajstić information content (AvgIpc) is 3.13. The normalized spacial score (nSPS) is 29.4. The van der Waals surface area contributed by atoms with Crippen molar-refractivity contribution in [2.45, 2.75) is 78.3 Å². The van der Waals surface area contributed by atoms with E-state index in [1.165, 1.54) is 36.6 Å². The third-order valence-corrected chi connectivity index (χ3v) is 6.06. The molecule has 1 aromatic rings. The minimum absolute atomic E-state index is 0.0657. The lowest BCUT2D eigenvalue weighted by Crippen LogP contribution is -3.08. The standard InChI is InChI=1S/C19H31N5/c1-18(2,3)17-22-21-16-9-13(12-23(16)17)10-19(4,5)14-11-20-24-8-6-7-15(14)24/h11,13,15,24H,6-10,12H2,1-5H3. The van der Waals surface area contributed by atoms with E-state index < -0.39 is 0 Å². The van der Waals surface area contributed by atoms with Crippen LogP contribution in [0.1, 0.15) is 65.5 Å². The highest BCUT2D eigenvalue weighted by atomic mass is 15.5. The summed E-state index contributed by atoms with van der Waals surface area (Å²) in [5.41, 5.74) is 6.59. The van der Waals surface area contributed by atoms with Gasteiger partial charge in [0.25, 0.3) is 0 Å². The van der Waals surface area contributed by atoms with Crippen LogP contribution < -0.4 is 5.01 Å². The number of nitrogens with zero attached hydrogens (tertiary/aromatic N) is 4. The van der Waals surface area contributed by atoms with E-state index in [1.807, 2.05) is 0 Å². The Balaban J connectivity index is 1.48. The van der Waals surface area contributed by atoms with Crippen molar-refractivity contribution in [2.24, 2.45) is 11.3 Å². The van der Waals surface area contributed by atoms with Crippen molar-refractivity contribution in [2.75, 3.05) is 6.54 Å². The third kappa shape index (κ3) is 2.57. The molecule has 3 unspecified atom stereocenters. The van der Waals surface area contributed by atoms with Crippen LogP contribution in [0.15, 0.2) is 11.8 Å². The Morgan fingerprint density at radius 1 is 1.25 bits per heavy atom. The van der Waals surface area contributed by atoms with E-state index in [-0.39, 0.29) is 10.8 Å². The molecule has 1 fully saturated rings. The molecular formula is C19H31N5. The molecule has 0 aliphatic carbocycles. The fourth-order valence-corrected chi connectivity index (χ4v) is 5.00. The van der Waals surface area contributed by atoms with Crippen molar-refractivity contribution in [1.82, 2.24) is 14.8 Å². The first-order chi connectivity index (χ1) is 11.3. The summed E-state index contributed by atoms with van der Waals surface area (Å²) >= 11 is 0. The molecule has 0 saturated carbocycles. The Bertz CT molecular complexity index is 664. The number of fused-ring (bicyclic) bond motifs is 2. The van der Waals surface area contributed by atoms with Crippen LogP contribution in [-0.2, 0) is 18.4 Å². The van der Waals surface area contributed by atoms with Gasteiger partial charge in [0.15, 0.2) is 0 Å². The maximum absolute atomic E-state index is 4.72. The highest BCUT2D eigenvalue weighted by Gasteiger charge is 2.41. The summed E-state index contributed by atoms with van der Waals surface area (Å²) in [4.78, 5) is 0. The van der Waals surface area contributed by atoms with Crippen LogP contribution in [0.5, 0.6) is 0 Å². The van der Waals surface area contributed by atoms with Crippen LogP contribution in [-0.4, -0.2) is 27.4 Å². The third-order valence-electron chi connectivity index (χ3n) is 6.06. The van der Waals surface area contributed by atoms with Gasteiger partial charge in [-0.05, 0) is 23.3 Å². The minimum atomic E-state index is 0.0657. The SMILES string of the molecule is CC(C)(CC1Cc2nnc(C(C)(C)C)n2C1)C1=C[N-][NH+]2CCCC12. The van der Waals surface area contributed by atoms with Gasteiger partial charge in [0.2, 0.25) is 0 Å². The number of aromatic nitrogens is 3. The summed E-state index contributed by atoms with van der Waals surface area (Å²) in [5, 5.41) is 10.4. The topological polar surface area (TPSA) is 49.2 Å². The van der Waals surface area contributed by atoms with E-state index in [4.69, 9.17) is 5.43 Å². The van der Waals surface area contributed by atoms with Gasteiger partial charge in [-0.2, -0.15) is 0 Å². The second kappa shape index (κ2) is 5.32. The van der Waals surface area contributed by atoms with Gasteiger partial charge in [-0.15, -0.1) is 16.4 Å². The molecule has 1 N–H and O–H groups in total. The molecular weight excluding hydrogens is 298 g/mol. The van der Waals surface area contributed by atoms with Gasteiger partial charge in [-0.3, -0.25) is 0 Å². The molecule has 24 heavy (non-hydrogen) atoms. The van der Waals surface area contributed by atoms with Gasteiger partial charge in [0, 0.05) is 31.2 Å². The summed E-state index contributed by atoms with van der Waals surface area (Å²) in [5.74, 6) is 2.98. The van der Waals surface area contributed by atoms with Crippen LogP contribution in [0.25, 0.3) is 5.43 Å². The average molecular weight is 329 g/mol. The first-order valence-corrected chi connectivity index (χ1v) is 9.45. The number of rotatable bonds is 3. The predicted octanol–water partition coefficient (Wildman–Crippen LogP) is 2.40. The fourth-order valence-electron chi connectivity index (χ4n) is 5.00. The molecule has 0 amide bonds. The van der Waals surface area contributed by atoms with Gasteiger partial charge in [0.1, 0.15) is 17.7 Å². The number of hydrogen-bond acceptors (Lipinski definition) is 2. The Kier molecular flexibility index (Phi) is 3.57. The first kappa shape index (κ1) is 16.1. The maximum atomic E-state index is 4.72. The van der Waals surface area contributed by atoms with E-state index >= 15 is 0 Å². The first-order valence-electron chi connectivity index (χ1n) is 9.45. The molecule has 0 radical (unpaired) electrons. The van der Waals surface area contributed by atoms with Crippen molar-refractivity contribution >= 4 is 0 Å². The molecule has 0 aromatic carbocycles. The summed E-state index contributed by atoms with van der Waals surface area (Å²) in [6.07, 6.45) is 7.09. The van der Waals surface area contributed by atoms with Crippen LogP contribution in [0, 0.1) is 11.3 Å². The molecule has 132 valence electrons. The van der Waals surface area contributed by atoms with E-state index in [0.29, 0.717) is 12.0 Å². The minimum Gasteiger partial charge on any atom is -0.495 e. The van der Waals surface area contributed by atoms with Crippen LogP contribution >= 0.6 is 0 Å². The van der Waals surface area contributed by atoms with Gasteiger partial charge in [-0.1, -0.05) is 34.6 Å². The molecule has 4 rings (SSSR count). The molecule has 3 aliphatic rings. The van der Waals surface area contributed by atoms with Gasteiger partial charge >= 0.3 is 0 Å². The molecule has 3 atom stereocenters. The van der Waals surface area contributed by atoms with E-state index in [9.17, 15) is 0 Å². The second-order valence-corrected chi connectivity index (χ2v) is 9.61. The smallest absolute Gasteiger partial charge is 0.138 e. The zero-order chi connectivity index (χ0) is 17.1. The number of hydrogen-bond donors (Lipinski definition) is 1. The predicted molar refractivity (Wildman–Crippen MR) is 94.6 cm³/mol. The maximum Gasteiger partial charge on any atom is 0.138 e. The van der Waals surface area contributed by atoms with Crippen molar-refractivity contribution in [3.63, 3.8) is 0 Å². The lowest BCUT2D eigenvalue weighted by atomic mass is 9.74. The summed E-state index contributed by atoms with van der Waals surface area (Å²) in [7, 11) is 0. The van der Waals surface area contributed by atoms with Crippen LogP contribution in [0.4, 0.5) is 0 Å². The molecule has 0 bridgehead atoms. The Labute approximate surface area is 145 Å². The number of nitrogens with one attached hydrogen (secondary N) is 1. The quantitative estimate of drug-likeness (QED) is 0.926. The molecule has 4 heterocycles. The lowest BCUT2D eigenvalue weighted by molar-refractivity contribution is -0.861. The van der Waals surface area contributed by atoms with Gasteiger partial charge < -0.3 is 15.0 Å². The van der Waals surface area contributed by atoms with Crippen LogP contribution in [0.3, 0.4) is 0 Å². The Morgan fingerprint density at radius 2 is 2.04 bits per heavy atom. The molecule has 5 heteroatoms. The van der Waals surface area contributed by atoms with Gasteiger partial charge in [-0.25, -0.2) is 0 Å². The zero-order valence-electron chi connectivity index (χ0n) is 15.8. The molecule has 5 nitrogen and oxygen atoms in total.